The molecule has 0 saturated heterocycles. The van der Waals surface area contributed by atoms with Crippen LogP contribution in [0.4, 0.5) is 79.6 Å². The van der Waals surface area contributed by atoms with Gasteiger partial charge < -0.3 is 48.7 Å². The summed E-state index contributed by atoms with van der Waals surface area (Å²) in [6.07, 6.45) is 0. The van der Waals surface area contributed by atoms with Crippen molar-refractivity contribution in [2.75, 3.05) is 79.9 Å². The molecule has 0 aromatic heterocycles. The number of nitrogens with zero attached hydrogens (tertiary/aromatic N) is 8. The SMILES string of the molecule is [2H]C([2H])([2H])N1CN(c2cc(Oc3cccc(N4CN(c5c(C)c(C)c(N6CN(c7cccc(Oc8cc(N9CN(C)c%10ccccc%109)cc(C(C)(C)C)c8)c7)c7ccccc76)c(C)c5C)c5ccccc54)c3)cc(C(C)(C)C)c2)c2ccccc21. The zero-order chi connectivity index (χ0) is 59.4. The lowest BCUT2D eigenvalue weighted by Crippen LogP contribution is -2.28. The highest BCUT2D eigenvalue weighted by atomic mass is 16.5. The van der Waals surface area contributed by atoms with Gasteiger partial charge in [0.25, 0.3) is 0 Å². The van der Waals surface area contributed by atoms with Crippen molar-refractivity contribution < 1.29 is 13.6 Å². The second kappa shape index (κ2) is 19.9. The highest BCUT2D eigenvalue weighted by Crippen LogP contribution is 2.53. The number of hydrogen-bond donors (Lipinski definition) is 0. The van der Waals surface area contributed by atoms with Crippen LogP contribution in [0.1, 0.15) is 79.0 Å². The third kappa shape index (κ3) is 9.14. The molecule has 4 aliphatic rings. The number of fused-ring (bicyclic) bond motifs is 4. The summed E-state index contributed by atoms with van der Waals surface area (Å²) in [4.78, 5) is 18.0. The largest absolute Gasteiger partial charge is 0.457 e. The first kappa shape index (κ1) is 48.8. The average molecular weight is 1090 g/mol. The molecule has 0 N–H and O–H groups in total. The Labute approximate surface area is 489 Å². The van der Waals surface area contributed by atoms with Crippen LogP contribution in [-0.2, 0) is 10.8 Å². The number of rotatable bonds is 10. The van der Waals surface area contributed by atoms with E-state index < -0.39 is 6.98 Å². The quantitative estimate of drug-likeness (QED) is 0.132. The molecule has 0 radical (unpaired) electrons. The summed E-state index contributed by atoms with van der Waals surface area (Å²) in [5, 5.41) is 0. The summed E-state index contributed by atoms with van der Waals surface area (Å²) in [7, 11) is 2.15. The number of benzene rings is 9. The van der Waals surface area contributed by atoms with E-state index in [9.17, 15) is 0 Å². The summed E-state index contributed by atoms with van der Waals surface area (Å²) < 4.78 is 38.8. The minimum atomic E-state index is -2.29. The smallest absolute Gasteiger partial charge is 0.129 e. The van der Waals surface area contributed by atoms with E-state index in [0.717, 1.165) is 74.9 Å². The first-order chi connectivity index (χ1) is 40.6. The van der Waals surface area contributed by atoms with Gasteiger partial charge in [-0.3, -0.25) is 0 Å². The monoisotopic (exact) mass is 1090 g/mol. The number of hydrogen-bond acceptors (Lipinski definition) is 10. The van der Waals surface area contributed by atoms with E-state index in [1.807, 2.05) is 36.4 Å². The van der Waals surface area contributed by atoms with Gasteiger partial charge in [0.1, 0.15) is 36.3 Å². The molecule has 13 rings (SSSR count). The molecule has 0 spiro atoms. The van der Waals surface area contributed by atoms with Gasteiger partial charge in [-0.05, 0) is 169 Å². The summed E-state index contributed by atoms with van der Waals surface area (Å²) >= 11 is 0. The van der Waals surface area contributed by atoms with Crippen LogP contribution in [0, 0.1) is 27.7 Å². The third-order valence-corrected chi connectivity index (χ3v) is 17.1. The van der Waals surface area contributed by atoms with Crippen LogP contribution >= 0.6 is 0 Å². The fourth-order valence-electron chi connectivity index (χ4n) is 12.5. The van der Waals surface area contributed by atoms with E-state index in [4.69, 9.17) is 13.6 Å². The molecule has 0 aliphatic carbocycles. The fraction of sp³-hybridized carbons (Fsp3) is 0.250. The Morgan fingerprint density at radius 2 is 0.646 bits per heavy atom. The second-order valence-corrected chi connectivity index (χ2v) is 24.5. The lowest BCUT2D eigenvalue weighted by atomic mass is 9.86. The predicted molar refractivity (Wildman–Crippen MR) is 344 cm³/mol. The van der Waals surface area contributed by atoms with Crippen molar-refractivity contribution in [3.05, 3.63) is 215 Å². The zero-order valence-electron chi connectivity index (χ0n) is 52.0. The molecule has 414 valence electrons. The van der Waals surface area contributed by atoms with E-state index >= 15 is 0 Å². The molecule has 9 aromatic rings. The molecule has 0 atom stereocenters. The van der Waals surface area contributed by atoms with Crippen molar-refractivity contribution >= 4 is 79.6 Å². The van der Waals surface area contributed by atoms with Crippen LogP contribution in [0.25, 0.3) is 0 Å². The van der Waals surface area contributed by atoms with Crippen LogP contribution in [0.2, 0.25) is 0 Å². The standard InChI is InChI=1S/C72H74N8O2/c1-47-48(2)70(80-46-78(66-32-18-20-34-68(66)80)54-24-22-26-58(40-54)82-60-38-52(72(8,9)10)36-56(42-60)76-44-74(12)62-28-14-16-30-64(62)76)50(4)49(3)69(47)79-45-77(65-31-17-19-33-67(65)79)53-23-21-25-57(39-53)81-59-37-51(71(5,6)7)35-55(41-59)75-43-73(11)61-27-13-15-29-63(61)75/h13-42H,43-46H2,1-12H3/i11D3. The van der Waals surface area contributed by atoms with Gasteiger partial charge in [0, 0.05) is 76.5 Å². The number of anilines is 14. The van der Waals surface area contributed by atoms with Gasteiger partial charge >= 0.3 is 0 Å². The van der Waals surface area contributed by atoms with Gasteiger partial charge in [-0.1, -0.05) is 102 Å². The van der Waals surface area contributed by atoms with Gasteiger partial charge in [0.05, 0.1) is 58.8 Å². The predicted octanol–water partition coefficient (Wildman–Crippen LogP) is 18.7. The molecule has 0 unspecified atom stereocenters. The maximum Gasteiger partial charge on any atom is 0.129 e. The van der Waals surface area contributed by atoms with Crippen molar-refractivity contribution in [2.24, 2.45) is 0 Å². The Kier molecular flexibility index (Phi) is 11.9. The van der Waals surface area contributed by atoms with Gasteiger partial charge in [0.15, 0.2) is 0 Å². The highest BCUT2D eigenvalue weighted by molar-refractivity contribution is 5.94. The zero-order valence-corrected chi connectivity index (χ0v) is 49.0. The Balaban J connectivity index is 0.781. The molecule has 82 heavy (non-hydrogen) atoms. The summed E-state index contributed by atoms with van der Waals surface area (Å²) in [5.41, 5.74) is 21.9. The van der Waals surface area contributed by atoms with Crippen LogP contribution in [0.5, 0.6) is 23.0 Å². The number of para-hydroxylation sites is 8. The van der Waals surface area contributed by atoms with Crippen molar-refractivity contribution in [1.82, 2.24) is 0 Å². The molecular weight excluding hydrogens is 1010 g/mol. The Morgan fingerprint density at radius 1 is 0.329 bits per heavy atom. The molecule has 0 amide bonds. The minimum Gasteiger partial charge on any atom is -0.457 e. The minimum absolute atomic E-state index is 0.0914. The maximum atomic E-state index is 8.34. The molecular formula is C72H74N8O2. The fourth-order valence-corrected chi connectivity index (χ4v) is 12.5. The van der Waals surface area contributed by atoms with E-state index in [1.165, 1.54) is 55.5 Å². The Morgan fingerprint density at radius 3 is 1.02 bits per heavy atom. The summed E-state index contributed by atoms with van der Waals surface area (Å²) in [6, 6.07) is 63.6. The third-order valence-electron chi connectivity index (χ3n) is 17.1. The van der Waals surface area contributed by atoms with E-state index in [2.05, 4.69) is 256 Å². The van der Waals surface area contributed by atoms with Crippen molar-refractivity contribution in [2.45, 2.75) is 80.1 Å². The maximum absolute atomic E-state index is 8.34. The van der Waals surface area contributed by atoms with Crippen LogP contribution in [-0.4, -0.2) is 40.7 Å². The van der Waals surface area contributed by atoms with Crippen molar-refractivity contribution in [1.29, 1.82) is 0 Å². The molecule has 0 fully saturated rings. The average Bonchev–Trinajstić information content (AvgIpc) is 3.66. The molecule has 10 heteroatoms. The van der Waals surface area contributed by atoms with Gasteiger partial charge in [-0.25, -0.2) is 0 Å². The topological polar surface area (TPSA) is 44.4 Å². The molecule has 0 saturated carbocycles. The normalized spacial score (nSPS) is 15.4. The summed E-state index contributed by atoms with van der Waals surface area (Å²) in [6.45, 7) is 22.4. The van der Waals surface area contributed by atoms with Gasteiger partial charge in [-0.2, -0.15) is 0 Å². The number of ether oxygens (including phenoxy) is 2. The van der Waals surface area contributed by atoms with Crippen LogP contribution in [0.15, 0.2) is 182 Å². The summed E-state index contributed by atoms with van der Waals surface area (Å²) in [5.74, 6) is 2.98. The Bertz CT molecular complexity index is 4060. The highest BCUT2D eigenvalue weighted by Gasteiger charge is 2.36. The first-order valence-corrected chi connectivity index (χ1v) is 28.6. The molecule has 4 heterocycles. The molecule has 9 aromatic carbocycles. The Hall–Kier alpha value is -9.02. The van der Waals surface area contributed by atoms with Gasteiger partial charge in [-0.15, -0.1) is 0 Å². The van der Waals surface area contributed by atoms with Crippen molar-refractivity contribution in [3.8, 4) is 23.0 Å². The lowest BCUT2D eigenvalue weighted by Gasteiger charge is -2.32. The van der Waals surface area contributed by atoms with E-state index in [1.54, 1.807) is 0 Å². The molecule has 10 nitrogen and oxygen atoms in total. The van der Waals surface area contributed by atoms with E-state index in [-0.39, 0.29) is 17.5 Å². The van der Waals surface area contributed by atoms with Crippen LogP contribution in [0.3, 0.4) is 0 Å². The first-order valence-electron chi connectivity index (χ1n) is 30.1. The van der Waals surface area contributed by atoms with Crippen molar-refractivity contribution in [3.63, 3.8) is 0 Å². The lowest BCUT2D eigenvalue weighted by molar-refractivity contribution is 0.478. The second-order valence-electron chi connectivity index (χ2n) is 24.5. The van der Waals surface area contributed by atoms with E-state index in [0.29, 0.717) is 30.5 Å². The molecule has 0 bridgehead atoms. The molecule has 4 aliphatic heterocycles. The van der Waals surface area contributed by atoms with Gasteiger partial charge in [0.2, 0.25) is 0 Å². The van der Waals surface area contributed by atoms with Crippen LogP contribution < -0.4 is 48.7 Å².